The van der Waals surface area contributed by atoms with Crippen molar-refractivity contribution in [2.75, 3.05) is 25.6 Å². The van der Waals surface area contributed by atoms with Crippen LogP contribution in [0.1, 0.15) is 18.2 Å². The molecule has 0 spiro atoms. The number of ether oxygens (including phenoxy) is 1. The van der Waals surface area contributed by atoms with Gasteiger partial charge < -0.3 is 10.1 Å². The van der Waals surface area contributed by atoms with Gasteiger partial charge in [0.25, 0.3) is 0 Å². The number of methoxy groups -OCH3 is 1. The molecule has 0 bridgehead atoms. The molecule has 0 aliphatic rings. The second-order valence-corrected chi connectivity index (χ2v) is 5.66. The standard InChI is InChI=1S/C16H21N3O2S/c1-4-13-11-22-16(18-13)19(2)15(20)17-10-9-12-7-5-6-8-14(12)21-3/h5-8,11H,4,9-10H2,1-3H3,(H,17,20). The number of aryl methyl sites for hydroxylation is 1. The first-order valence-corrected chi connectivity index (χ1v) is 8.11. The Bertz CT molecular complexity index is 627. The van der Waals surface area contributed by atoms with E-state index >= 15 is 0 Å². The van der Waals surface area contributed by atoms with Gasteiger partial charge in [-0.3, -0.25) is 4.90 Å². The van der Waals surface area contributed by atoms with Crippen LogP contribution in [0.25, 0.3) is 0 Å². The van der Waals surface area contributed by atoms with E-state index in [-0.39, 0.29) is 6.03 Å². The molecule has 2 rings (SSSR count). The summed E-state index contributed by atoms with van der Waals surface area (Å²) in [4.78, 5) is 18.1. The Labute approximate surface area is 134 Å². The highest BCUT2D eigenvalue weighted by atomic mass is 32.1. The van der Waals surface area contributed by atoms with Gasteiger partial charge in [0.1, 0.15) is 5.75 Å². The molecular formula is C16H21N3O2S. The predicted molar refractivity (Wildman–Crippen MR) is 90.0 cm³/mol. The number of nitrogens with zero attached hydrogens (tertiary/aromatic N) is 2. The summed E-state index contributed by atoms with van der Waals surface area (Å²) >= 11 is 1.48. The van der Waals surface area contributed by atoms with Crippen LogP contribution >= 0.6 is 11.3 Å². The third-order valence-electron chi connectivity index (χ3n) is 3.36. The van der Waals surface area contributed by atoms with Gasteiger partial charge in [0, 0.05) is 19.0 Å². The van der Waals surface area contributed by atoms with Crippen molar-refractivity contribution in [1.29, 1.82) is 0 Å². The van der Waals surface area contributed by atoms with Crippen LogP contribution in [0.4, 0.5) is 9.93 Å². The molecule has 118 valence electrons. The highest BCUT2D eigenvalue weighted by Gasteiger charge is 2.14. The van der Waals surface area contributed by atoms with Crippen molar-refractivity contribution in [2.24, 2.45) is 0 Å². The van der Waals surface area contributed by atoms with E-state index in [0.29, 0.717) is 11.7 Å². The van der Waals surface area contributed by atoms with Gasteiger partial charge in [-0.15, -0.1) is 11.3 Å². The molecule has 1 heterocycles. The molecule has 2 aromatic rings. The lowest BCUT2D eigenvalue weighted by Gasteiger charge is -2.15. The number of hydrogen-bond donors (Lipinski definition) is 1. The Morgan fingerprint density at radius 1 is 1.41 bits per heavy atom. The zero-order valence-corrected chi connectivity index (χ0v) is 13.9. The molecule has 22 heavy (non-hydrogen) atoms. The summed E-state index contributed by atoms with van der Waals surface area (Å²) < 4.78 is 5.30. The zero-order valence-electron chi connectivity index (χ0n) is 13.1. The van der Waals surface area contributed by atoms with Crippen LogP contribution in [0.2, 0.25) is 0 Å². The molecule has 0 radical (unpaired) electrons. The first kappa shape index (κ1) is 16.3. The molecule has 0 atom stereocenters. The van der Waals surface area contributed by atoms with Crippen LogP contribution in [0.5, 0.6) is 5.75 Å². The minimum atomic E-state index is -0.146. The maximum absolute atomic E-state index is 12.1. The Hall–Kier alpha value is -2.08. The van der Waals surface area contributed by atoms with Gasteiger partial charge in [0.15, 0.2) is 5.13 Å². The van der Waals surface area contributed by atoms with Crippen LogP contribution in [0, 0.1) is 0 Å². The van der Waals surface area contributed by atoms with Crippen LogP contribution in [-0.2, 0) is 12.8 Å². The molecule has 1 aromatic carbocycles. The lowest BCUT2D eigenvalue weighted by molar-refractivity contribution is 0.247. The highest BCUT2D eigenvalue weighted by Crippen LogP contribution is 2.20. The van der Waals surface area contributed by atoms with E-state index in [1.165, 1.54) is 11.3 Å². The molecule has 0 saturated carbocycles. The lowest BCUT2D eigenvalue weighted by atomic mass is 10.1. The first-order valence-electron chi connectivity index (χ1n) is 7.23. The third kappa shape index (κ3) is 3.98. The van der Waals surface area contributed by atoms with Gasteiger partial charge in [0.2, 0.25) is 0 Å². The topological polar surface area (TPSA) is 54.5 Å². The SMILES string of the molecule is CCc1csc(N(C)C(=O)NCCc2ccccc2OC)n1. The van der Waals surface area contributed by atoms with Crippen LogP contribution in [0.3, 0.4) is 0 Å². The van der Waals surface area contributed by atoms with Crippen molar-refractivity contribution < 1.29 is 9.53 Å². The van der Waals surface area contributed by atoms with Crippen molar-refractivity contribution in [3.8, 4) is 5.75 Å². The number of anilines is 1. The van der Waals surface area contributed by atoms with Gasteiger partial charge in [0.05, 0.1) is 12.8 Å². The quantitative estimate of drug-likeness (QED) is 0.890. The van der Waals surface area contributed by atoms with Crippen molar-refractivity contribution in [3.63, 3.8) is 0 Å². The summed E-state index contributed by atoms with van der Waals surface area (Å²) in [7, 11) is 3.38. The minimum absolute atomic E-state index is 0.146. The second-order valence-electron chi connectivity index (χ2n) is 4.83. The van der Waals surface area contributed by atoms with Crippen LogP contribution < -0.4 is 15.0 Å². The van der Waals surface area contributed by atoms with E-state index < -0.39 is 0 Å². The summed E-state index contributed by atoms with van der Waals surface area (Å²) in [6.45, 7) is 2.60. The molecule has 1 N–H and O–H groups in total. The van der Waals surface area contributed by atoms with Crippen LogP contribution in [-0.4, -0.2) is 31.7 Å². The number of nitrogens with one attached hydrogen (secondary N) is 1. The largest absolute Gasteiger partial charge is 0.496 e. The molecule has 2 amide bonds. The van der Waals surface area contributed by atoms with Crippen LogP contribution in [0.15, 0.2) is 29.6 Å². The molecule has 0 aliphatic heterocycles. The Balaban J connectivity index is 1.87. The number of carbonyl (C=O) groups excluding carboxylic acids is 1. The first-order chi connectivity index (χ1) is 10.7. The maximum atomic E-state index is 12.1. The molecule has 0 saturated heterocycles. The lowest BCUT2D eigenvalue weighted by Crippen LogP contribution is -2.38. The number of carbonyl (C=O) groups is 1. The fraction of sp³-hybridized carbons (Fsp3) is 0.375. The van der Waals surface area contributed by atoms with Crippen molar-refractivity contribution in [3.05, 3.63) is 40.9 Å². The minimum Gasteiger partial charge on any atom is -0.496 e. The Kier molecular flexibility index (Phi) is 5.77. The van der Waals surface area contributed by atoms with E-state index in [2.05, 4.69) is 10.3 Å². The van der Waals surface area contributed by atoms with E-state index in [9.17, 15) is 4.79 Å². The van der Waals surface area contributed by atoms with Gasteiger partial charge in [-0.2, -0.15) is 0 Å². The highest BCUT2D eigenvalue weighted by molar-refractivity contribution is 7.14. The monoisotopic (exact) mass is 319 g/mol. The number of aromatic nitrogens is 1. The van der Waals surface area contributed by atoms with Gasteiger partial charge in [-0.1, -0.05) is 25.1 Å². The summed E-state index contributed by atoms with van der Waals surface area (Å²) in [6, 6.07) is 7.68. The summed E-state index contributed by atoms with van der Waals surface area (Å²) in [6.07, 6.45) is 1.60. The smallest absolute Gasteiger partial charge is 0.323 e. The summed E-state index contributed by atoms with van der Waals surface area (Å²) in [5, 5.41) is 5.60. The number of urea groups is 1. The van der Waals surface area contributed by atoms with Gasteiger partial charge in [-0.25, -0.2) is 9.78 Å². The number of thiazole rings is 1. The molecule has 6 heteroatoms. The Morgan fingerprint density at radius 3 is 2.86 bits per heavy atom. The van der Waals surface area contributed by atoms with Crippen molar-refractivity contribution in [1.82, 2.24) is 10.3 Å². The van der Waals surface area contributed by atoms with E-state index in [0.717, 1.165) is 29.8 Å². The third-order valence-corrected chi connectivity index (χ3v) is 4.32. The summed E-state index contributed by atoms with van der Waals surface area (Å²) in [5.41, 5.74) is 2.09. The molecule has 0 aliphatic carbocycles. The summed E-state index contributed by atoms with van der Waals surface area (Å²) in [5.74, 6) is 0.845. The second kappa shape index (κ2) is 7.79. The fourth-order valence-electron chi connectivity index (χ4n) is 2.03. The predicted octanol–water partition coefficient (Wildman–Crippen LogP) is 3.10. The number of amides is 2. The molecule has 0 fully saturated rings. The van der Waals surface area contributed by atoms with E-state index in [4.69, 9.17) is 4.74 Å². The number of para-hydroxylation sites is 1. The number of hydrogen-bond acceptors (Lipinski definition) is 4. The fourth-order valence-corrected chi connectivity index (χ4v) is 2.90. The number of benzene rings is 1. The normalized spacial score (nSPS) is 10.3. The van der Waals surface area contributed by atoms with E-state index in [1.807, 2.05) is 36.6 Å². The van der Waals surface area contributed by atoms with Gasteiger partial charge in [-0.05, 0) is 24.5 Å². The van der Waals surface area contributed by atoms with Crippen molar-refractivity contribution >= 4 is 22.5 Å². The molecule has 0 unspecified atom stereocenters. The molecular weight excluding hydrogens is 298 g/mol. The average molecular weight is 319 g/mol. The Morgan fingerprint density at radius 2 is 2.18 bits per heavy atom. The maximum Gasteiger partial charge on any atom is 0.323 e. The average Bonchev–Trinajstić information content (AvgIpc) is 3.03. The number of rotatable bonds is 6. The molecule has 1 aromatic heterocycles. The van der Waals surface area contributed by atoms with Crippen molar-refractivity contribution in [2.45, 2.75) is 19.8 Å². The van der Waals surface area contributed by atoms with E-state index in [1.54, 1.807) is 19.1 Å². The molecule has 5 nitrogen and oxygen atoms in total. The zero-order chi connectivity index (χ0) is 15.9. The van der Waals surface area contributed by atoms with Gasteiger partial charge >= 0.3 is 6.03 Å².